The quantitative estimate of drug-likeness (QED) is 0.784. The van der Waals surface area contributed by atoms with E-state index in [1.807, 2.05) is 4.57 Å². The second-order valence-electron chi connectivity index (χ2n) is 6.36. The van der Waals surface area contributed by atoms with Gasteiger partial charge in [0.05, 0.1) is 16.8 Å². The highest BCUT2D eigenvalue weighted by Crippen LogP contribution is 2.26. The molecular formula is C19H22N2OS. The number of carbonyl (C=O) groups excluding carboxylic acids is 1. The molecule has 4 heteroatoms. The van der Waals surface area contributed by atoms with Gasteiger partial charge in [0.15, 0.2) is 4.80 Å². The van der Waals surface area contributed by atoms with E-state index < -0.39 is 0 Å². The fourth-order valence-electron chi connectivity index (χ4n) is 3.30. The average molecular weight is 326 g/mol. The van der Waals surface area contributed by atoms with Crippen molar-refractivity contribution < 1.29 is 4.79 Å². The summed E-state index contributed by atoms with van der Waals surface area (Å²) in [6.45, 7) is 2.51. The predicted octanol–water partition coefficient (Wildman–Crippen LogP) is 4.04. The Kier molecular flexibility index (Phi) is 4.97. The normalized spacial score (nSPS) is 16.6. The van der Waals surface area contributed by atoms with E-state index in [4.69, 9.17) is 6.42 Å². The standard InChI is InChI=1S/C19H22N2OS/c1-3-11-21-16-10-9-14(2)12-17(16)23-19(21)20-18(22)13-15-7-5-4-6-8-15/h1,9-10,12,15H,4-8,11,13H2,2H3. The smallest absolute Gasteiger partial charge is 0.248 e. The maximum absolute atomic E-state index is 12.4. The van der Waals surface area contributed by atoms with Gasteiger partial charge in [-0.1, -0.05) is 42.6 Å². The molecule has 0 atom stereocenters. The minimum atomic E-state index is -0.00838. The molecule has 0 radical (unpaired) electrons. The van der Waals surface area contributed by atoms with Crippen molar-refractivity contribution in [2.45, 2.75) is 52.0 Å². The number of thiazole rings is 1. The summed E-state index contributed by atoms with van der Waals surface area (Å²) in [5.41, 5.74) is 2.26. The van der Waals surface area contributed by atoms with Crippen LogP contribution in [0, 0.1) is 25.2 Å². The molecule has 0 aliphatic heterocycles. The molecular weight excluding hydrogens is 304 g/mol. The van der Waals surface area contributed by atoms with E-state index >= 15 is 0 Å². The van der Waals surface area contributed by atoms with Gasteiger partial charge in [0.25, 0.3) is 0 Å². The molecule has 2 aromatic rings. The van der Waals surface area contributed by atoms with Crippen LogP contribution in [-0.2, 0) is 11.3 Å². The van der Waals surface area contributed by atoms with E-state index in [1.54, 1.807) is 11.3 Å². The van der Waals surface area contributed by atoms with Crippen molar-refractivity contribution in [1.29, 1.82) is 0 Å². The van der Waals surface area contributed by atoms with Crippen LogP contribution < -0.4 is 4.80 Å². The Morgan fingerprint density at radius 1 is 1.39 bits per heavy atom. The SMILES string of the molecule is C#CCn1c(=NC(=O)CC2CCCCC2)sc2cc(C)ccc21. The van der Waals surface area contributed by atoms with Gasteiger partial charge in [0.1, 0.15) is 0 Å². The molecule has 0 spiro atoms. The second kappa shape index (κ2) is 7.14. The first kappa shape index (κ1) is 16.0. The first-order chi connectivity index (χ1) is 11.2. The van der Waals surface area contributed by atoms with E-state index in [2.05, 4.69) is 36.0 Å². The molecule has 1 aliphatic carbocycles. The van der Waals surface area contributed by atoms with E-state index in [1.165, 1.54) is 24.8 Å². The van der Waals surface area contributed by atoms with Gasteiger partial charge in [0.2, 0.25) is 5.91 Å². The topological polar surface area (TPSA) is 34.4 Å². The van der Waals surface area contributed by atoms with Crippen LogP contribution in [0.4, 0.5) is 0 Å². The van der Waals surface area contributed by atoms with E-state index in [-0.39, 0.29) is 5.91 Å². The van der Waals surface area contributed by atoms with Gasteiger partial charge < -0.3 is 4.57 Å². The minimum Gasteiger partial charge on any atom is -0.305 e. The molecule has 1 saturated carbocycles. The van der Waals surface area contributed by atoms with Crippen molar-refractivity contribution in [2.75, 3.05) is 0 Å². The molecule has 3 nitrogen and oxygen atoms in total. The summed E-state index contributed by atoms with van der Waals surface area (Å²) in [4.78, 5) is 17.5. The number of amides is 1. The fraction of sp³-hybridized carbons (Fsp3) is 0.474. The zero-order valence-electron chi connectivity index (χ0n) is 13.5. The third-order valence-corrected chi connectivity index (χ3v) is 5.54. The fourth-order valence-corrected chi connectivity index (χ4v) is 4.45. The molecule has 1 aliphatic rings. The highest BCUT2D eigenvalue weighted by atomic mass is 32.1. The van der Waals surface area contributed by atoms with Crippen molar-refractivity contribution >= 4 is 27.5 Å². The first-order valence-electron chi connectivity index (χ1n) is 8.28. The van der Waals surface area contributed by atoms with Crippen LogP contribution in [0.15, 0.2) is 23.2 Å². The monoisotopic (exact) mass is 326 g/mol. The van der Waals surface area contributed by atoms with Gasteiger partial charge >= 0.3 is 0 Å². The van der Waals surface area contributed by atoms with Crippen molar-refractivity contribution in [3.8, 4) is 12.3 Å². The Morgan fingerprint density at radius 2 is 2.17 bits per heavy atom. The van der Waals surface area contributed by atoms with Crippen LogP contribution in [0.1, 0.15) is 44.1 Å². The summed E-state index contributed by atoms with van der Waals surface area (Å²) >= 11 is 1.55. The molecule has 1 heterocycles. The number of aryl methyl sites for hydroxylation is 1. The summed E-state index contributed by atoms with van der Waals surface area (Å²) < 4.78 is 3.10. The number of rotatable bonds is 3. The van der Waals surface area contributed by atoms with Crippen molar-refractivity contribution in [3.05, 3.63) is 28.6 Å². The van der Waals surface area contributed by atoms with Gasteiger partial charge in [-0.2, -0.15) is 4.99 Å². The molecule has 0 unspecified atom stereocenters. The summed E-state index contributed by atoms with van der Waals surface area (Å²) in [5, 5.41) is 0. The number of fused-ring (bicyclic) bond motifs is 1. The highest BCUT2D eigenvalue weighted by molar-refractivity contribution is 7.16. The predicted molar refractivity (Wildman–Crippen MR) is 95.1 cm³/mol. The molecule has 0 saturated heterocycles. The minimum absolute atomic E-state index is 0.00838. The molecule has 0 bridgehead atoms. The lowest BCUT2D eigenvalue weighted by Gasteiger charge is -2.19. The van der Waals surface area contributed by atoms with Crippen molar-refractivity contribution in [1.82, 2.24) is 4.57 Å². The Hall–Kier alpha value is -1.86. The summed E-state index contributed by atoms with van der Waals surface area (Å²) in [6.07, 6.45) is 12.2. The largest absolute Gasteiger partial charge is 0.305 e. The number of nitrogens with zero attached hydrogens (tertiary/aromatic N) is 2. The molecule has 1 fully saturated rings. The molecule has 3 rings (SSSR count). The number of benzene rings is 1. The molecule has 1 amide bonds. The maximum atomic E-state index is 12.4. The Morgan fingerprint density at radius 3 is 2.91 bits per heavy atom. The van der Waals surface area contributed by atoms with Crippen LogP contribution in [0.5, 0.6) is 0 Å². The summed E-state index contributed by atoms with van der Waals surface area (Å²) in [6, 6.07) is 6.25. The average Bonchev–Trinajstić information content (AvgIpc) is 2.85. The third kappa shape index (κ3) is 3.73. The first-order valence-corrected chi connectivity index (χ1v) is 9.10. The number of hydrogen-bond donors (Lipinski definition) is 0. The Balaban J connectivity index is 1.92. The summed E-state index contributed by atoms with van der Waals surface area (Å²) in [5.74, 6) is 3.17. The van der Waals surface area contributed by atoms with Crippen LogP contribution in [-0.4, -0.2) is 10.5 Å². The molecule has 0 N–H and O–H groups in total. The second-order valence-corrected chi connectivity index (χ2v) is 7.37. The lowest BCUT2D eigenvalue weighted by molar-refractivity contribution is -0.119. The third-order valence-electron chi connectivity index (χ3n) is 4.50. The molecule has 120 valence electrons. The number of hydrogen-bond acceptors (Lipinski definition) is 2. The summed E-state index contributed by atoms with van der Waals surface area (Å²) in [7, 11) is 0. The molecule has 23 heavy (non-hydrogen) atoms. The van der Waals surface area contributed by atoms with Gasteiger partial charge in [-0.25, -0.2) is 0 Å². The molecule has 1 aromatic heterocycles. The zero-order chi connectivity index (χ0) is 16.2. The van der Waals surface area contributed by atoms with E-state index in [0.717, 1.165) is 27.9 Å². The van der Waals surface area contributed by atoms with E-state index in [9.17, 15) is 4.79 Å². The Bertz CT molecular complexity index is 816. The lowest BCUT2D eigenvalue weighted by Crippen LogP contribution is -2.18. The Labute approximate surface area is 141 Å². The van der Waals surface area contributed by atoms with Crippen molar-refractivity contribution in [2.24, 2.45) is 10.9 Å². The lowest BCUT2D eigenvalue weighted by atomic mass is 9.87. The van der Waals surface area contributed by atoms with Crippen LogP contribution in [0.2, 0.25) is 0 Å². The van der Waals surface area contributed by atoms with Crippen LogP contribution in [0.25, 0.3) is 10.2 Å². The number of aromatic nitrogens is 1. The van der Waals surface area contributed by atoms with Crippen LogP contribution in [0.3, 0.4) is 0 Å². The zero-order valence-corrected chi connectivity index (χ0v) is 14.4. The van der Waals surface area contributed by atoms with E-state index in [0.29, 0.717) is 18.9 Å². The van der Waals surface area contributed by atoms with Gasteiger partial charge in [-0.15, -0.1) is 6.42 Å². The van der Waals surface area contributed by atoms with Crippen LogP contribution >= 0.6 is 11.3 Å². The highest BCUT2D eigenvalue weighted by Gasteiger charge is 2.17. The van der Waals surface area contributed by atoms with Gasteiger partial charge in [-0.05, 0) is 43.4 Å². The van der Waals surface area contributed by atoms with Gasteiger partial charge in [0, 0.05) is 6.42 Å². The molecule has 1 aromatic carbocycles. The maximum Gasteiger partial charge on any atom is 0.248 e. The number of terminal acetylenes is 1. The van der Waals surface area contributed by atoms with Gasteiger partial charge in [-0.3, -0.25) is 4.79 Å². The van der Waals surface area contributed by atoms with Crippen molar-refractivity contribution in [3.63, 3.8) is 0 Å². The number of carbonyl (C=O) groups is 1.